The van der Waals surface area contributed by atoms with E-state index in [4.69, 9.17) is 4.74 Å². The molecular weight excluding hydrogens is 342 g/mol. The van der Waals surface area contributed by atoms with Crippen LogP contribution in [0.4, 0.5) is 0 Å². The summed E-state index contributed by atoms with van der Waals surface area (Å²) in [5, 5.41) is 9.35. The van der Waals surface area contributed by atoms with Crippen LogP contribution in [0.25, 0.3) is 11.1 Å². The third-order valence-electron chi connectivity index (χ3n) is 4.83. The predicted octanol–water partition coefficient (Wildman–Crippen LogP) is 4.23. The lowest BCUT2D eigenvalue weighted by atomic mass is 9.92. The monoisotopic (exact) mass is 369 g/mol. The average molecular weight is 369 g/mol. The van der Waals surface area contributed by atoms with Crippen LogP contribution in [-0.2, 0) is 16.1 Å². The number of ether oxygens (including phenoxy) is 1. The smallest absolute Gasteiger partial charge is 0.310 e. The zero-order chi connectivity index (χ0) is 20.1. The molecule has 2 rings (SSSR count). The number of benzene rings is 2. The zero-order valence-electron chi connectivity index (χ0n) is 16.6. The number of carbonyl (C=O) groups excluding carboxylic acids is 1. The van der Waals surface area contributed by atoms with Crippen LogP contribution in [0.1, 0.15) is 43.4 Å². The second kappa shape index (κ2) is 8.71. The largest absolute Gasteiger partial charge is 0.496 e. The van der Waals surface area contributed by atoms with Gasteiger partial charge >= 0.3 is 5.97 Å². The fourth-order valence-electron chi connectivity index (χ4n) is 3.12. The second-order valence-electron chi connectivity index (χ2n) is 6.71. The van der Waals surface area contributed by atoms with Gasteiger partial charge in [-0.15, -0.1) is 0 Å². The number of aryl methyl sites for hydroxylation is 1. The highest BCUT2D eigenvalue weighted by Crippen LogP contribution is 2.36. The molecule has 0 aliphatic rings. The third-order valence-corrected chi connectivity index (χ3v) is 4.83. The fourth-order valence-corrected chi connectivity index (χ4v) is 3.12. The Hall–Kier alpha value is -2.82. The SMILES string of the molecule is CCN(Cc1cc(C)ccc1-c1cc(C(C)C(=O)O)ccc1OC)C(C)=O. The molecule has 0 saturated heterocycles. The molecule has 1 N–H and O–H groups in total. The number of carbonyl (C=O) groups is 2. The molecule has 27 heavy (non-hydrogen) atoms. The van der Waals surface area contributed by atoms with E-state index in [0.717, 1.165) is 22.3 Å². The van der Waals surface area contributed by atoms with Crippen molar-refractivity contribution in [2.75, 3.05) is 13.7 Å². The van der Waals surface area contributed by atoms with Gasteiger partial charge in [-0.05, 0) is 49.6 Å². The van der Waals surface area contributed by atoms with E-state index in [1.807, 2.05) is 32.0 Å². The van der Waals surface area contributed by atoms with Crippen molar-refractivity contribution in [3.05, 3.63) is 53.1 Å². The first kappa shape index (κ1) is 20.5. The van der Waals surface area contributed by atoms with E-state index in [-0.39, 0.29) is 5.91 Å². The minimum atomic E-state index is -0.871. The summed E-state index contributed by atoms with van der Waals surface area (Å²) in [6, 6.07) is 11.5. The van der Waals surface area contributed by atoms with Crippen LogP contribution in [0, 0.1) is 6.92 Å². The van der Waals surface area contributed by atoms with Crippen LogP contribution >= 0.6 is 0 Å². The molecule has 0 saturated carbocycles. The van der Waals surface area contributed by atoms with Crippen molar-refractivity contribution in [1.82, 2.24) is 4.90 Å². The van der Waals surface area contributed by atoms with Crippen molar-refractivity contribution in [1.29, 1.82) is 0 Å². The van der Waals surface area contributed by atoms with Crippen LogP contribution in [-0.4, -0.2) is 35.5 Å². The van der Waals surface area contributed by atoms with Gasteiger partial charge in [0.1, 0.15) is 5.75 Å². The van der Waals surface area contributed by atoms with Crippen molar-refractivity contribution in [2.24, 2.45) is 0 Å². The van der Waals surface area contributed by atoms with Gasteiger partial charge < -0.3 is 14.7 Å². The number of amides is 1. The fraction of sp³-hybridized carbons (Fsp3) is 0.364. The van der Waals surface area contributed by atoms with E-state index < -0.39 is 11.9 Å². The molecule has 1 atom stereocenters. The van der Waals surface area contributed by atoms with Gasteiger partial charge in [-0.25, -0.2) is 0 Å². The maximum atomic E-state index is 11.9. The summed E-state index contributed by atoms with van der Waals surface area (Å²) in [7, 11) is 1.60. The van der Waals surface area contributed by atoms with Crippen LogP contribution in [0.2, 0.25) is 0 Å². The summed E-state index contributed by atoms with van der Waals surface area (Å²) in [5.41, 5.74) is 4.59. The summed E-state index contributed by atoms with van der Waals surface area (Å²) >= 11 is 0. The highest BCUT2D eigenvalue weighted by molar-refractivity contribution is 5.80. The Bertz CT molecular complexity index is 844. The van der Waals surface area contributed by atoms with Crippen molar-refractivity contribution in [2.45, 2.75) is 40.2 Å². The van der Waals surface area contributed by atoms with Gasteiger partial charge in [0.05, 0.1) is 13.0 Å². The third kappa shape index (κ3) is 4.67. The Morgan fingerprint density at radius 2 is 1.85 bits per heavy atom. The molecular formula is C22H27NO4. The Balaban J connectivity index is 2.61. The number of aliphatic carboxylic acids is 1. The van der Waals surface area contributed by atoms with Gasteiger partial charge in [-0.1, -0.05) is 29.8 Å². The Kier molecular flexibility index (Phi) is 6.61. The lowest BCUT2D eigenvalue weighted by molar-refractivity contribution is -0.138. The highest BCUT2D eigenvalue weighted by Gasteiger charge is 2.19. The van der Waals surface area contributed by atoms with Crippen molar-refractivity contribution in [3.8, 4) is 16.9 Å². The van der Waals surface area contributed by atoms with Crippen LogP contribution in [0.3, 0.4) is 0 Å². The molecule has 5 heteroatoms. The standard InChI is InChI=1S/C22H27NO4/c1-6-23(16(4)24)13-18-11-14(2)7-9-19(18)20-12-17(15(3)22(25)26)8-10-21(20)27-5/h7-12,15H,6,13H2,1-5H3,(H,25,26). The van der Waals surface area contributed by atoms with E-state index in [9.17, 15) is 14.7 Å². The summed E-state index contributed by atoms with van der Waals surface area (Å²) in [6.45, 7) is 8.30. The molecule has 1 unspecified atom stereocenters. The van der Waals surface area contributed by atoms with Crippen LogP contribution < -0.4 is 4.74 Å². The van der Waals surface area contributed by atoms with Crippen LogP contribution in [0.5, 0.6) is 5.75 Å². The molecule has 1 amide bonds. The summed E-state index contributed by atoms with van der Waals surface area (Å²) in [4.78, 5) is 25.1. The molecule has 0 heterocycles. The molecule has 2 aromatic rings. The Morgan fingerprint density at radius 1 is 1.15 bits per heavy atom. The molecule has 0 aliphatic heterocycles. The summed E-state index contributed by atoms with van der Waals surface area (Å²) in [6.07, 6.45) is 0. The second-order valence-corrected chi connectivity index (χ2v) is 6.71. The van der Waals surface area contributed by atoms with Crippen molar-refractivity contribution in [3.63, 3.8) is 0 Å². The van der Waals surface area contributed by atoms with E-state index >= 15 is 0 Å². The molecule has 0 spiro atoms. The van der Waals surface area contributed by atoms with Gasteiger partial charge in [-0.2, -0.15) is 0 Å². The molecule has 0 bridgehead atoms. The summed E-state index contributed by atoms with van der Waals surface area (Å²) in [5.74, 6) is -0.797. The van der Waals surface area contributed by atoms with E-state index in [0.29, 0.717) is 24.4 Å². The Morgan fingerprint density at radius 3 is 2.41 bits per heavy atom. The van der Waals surface area contributed by atoms with Gasteiger partial charge in [-0.3, -0.25) is 9.59 Å². The first-order valence-corrected chi connectivity index (χ1v) is 9.04. The number of hydrogen-bond donors (Lipinski definition) is 1. The quantitative estimate of drug-likeness (QED) is 0.793. The topological polar surface area (TPSA) is 66.8 Å². The van der Waals surface area contributed by atoms with Gasteiger partial charge in [0.25, 0.3) is 0 Å². The Labute approximate surface area is 160 Å². The van der Waals surface area contributed by atoms with Crippen LogP contribution in [0.15, 0.2) is 36.4 Å². The maximum absolute atomic E-state index is 11.9. The molecule has 0 aliphatic carbocycles. The minimum absolute atomic E-state index is 0.0187. The molecule has 0 radical (unpaired) electrons. The molecule has 0 aromatic heterocycles. The molecule has 144 valence electrons. The highest BCUT2D eigenvalue weighted by atomic mass is 16.5. The maximum Gasteiger partial charge on any atom is 0.310 e. The number of methoxy groups -OCH3 is 1. The molecule has 5 nitrogen and oxygen atoms in total. The predicted molar refractivity (Wildman–Crippen MR) is 106 cm³/mol. The van der Waals surface area contributed by atoms with E-state index in [1.54, 1.807) is 38.0 Å². The first-order chi connectivity index (χ1) is 12.8. The average Bonchev–Trinajstić information content (AvgIpc) is 2.64. The number of carboxylic acid groups (broad SMARTS) is 1. The van der Waals surface area contributed by atoms with Crippen molar-refractivity contribution >= 4 is 11.9 Å². The van der Waals surface area contributed by atoms with Crippen molar-refractivity contribution < 1.29 is 19.4 Å². The minimum Gasteiger partial charge on any atom is -0.496 e. The number of hydrogen-bond acceptors (Lipinski definition) is 3. The number of carboxylic acids is 1. The summed E-state index contributed by atoms with van der Waals surface area (Å²) < 4.78 is 5.53. The molecule has 2 aromatic carbocycles. The van der Waals surface area contributed by atoms with Gasteiger partial charge in [0.15, 0.2) is 0 Å². The number of nitrogens with zero attached hydrogens (tertiary/aromatic N) is 1. The van der Waals surface area contributed by atoms with Gasteiger partial charge in [0, 0.05) is 25.6 Å². The molecule has 0 fully saturated rings. The lowest BCUT2D eigenvalue weighted by Gasteiger charge is -2.22. The van der Waals surface area contributed by atoms with E-state index in [2.05, 4.69) is 6.07 Å². The lowest BCUT2D eigenvalue weighted by Crippen LogP contribution is -2.28. The van der Waals surface area contributed by atoms with E-state index in [1.165, 1.54) is 0 Å². The van der Waals surface area contributed by atoms with Gasteiger partial charge in [0.2, 0.25) is 5.91 Å². The normalized spacial score (nSPS) is 11.7. The zero-order valence-corrected chi connectivity index (χ0v) is 16.6. The number of rotatable bonds is 7. The first-order valence-electron chi connectivity index (χ1n) is 9.04.